The highest BCUT2D eigenvalue weighted by atomic mass is 35.5. The molecule has 0 bridgehead atoms. The van der Waals surface area contributed by atoms with Crippen LogP contribution in [0.15, 0.2) is 36.4 Å². The highest BCUT2D eigenvalue weighted by Crippen LogP contribution is 2.35. The van der Waals surface area contributed by atoms with E-state index in [-0.39, 0.29) is 17.6 Å². The molecule has 0 spiro atoms. The molecule has 0 radical (unpaired) electrons. The summed E-state index contributed by atoms with van der Waals surface area (Å²) in [6.07, 6.45) is 0. The van der Waals surface area contributed by atoms with Gasteiger partial charge in [0.2, 0.25) is 0 Å². The first kappa shape index (κ1) is 18.6. The van der Waals surface area contributed by atoms with E-state index >= 15 is 0 Å². The zero-order valence-electron chi connectivity index (χ0n) is 14.1. The molecule has 0 aliphatic heterocycles. The van der Waals surface area contributed by atoms with Gasteiger partial charge in [0.25, 0.3) is 0 Å². The SMILES string of the molecule is COc1ccc(C(C)C(=O)C(C)c2ccc(OC)cc2Cl)c(Cl)c1. The van der Waals surface area contributed by atoms with Gasteiger partial charge in [-0.1, -0.05) is 49.2 Å². The Morgan fingerprint density at radius 2 is 1.21 bits per heavy atom. The molecule has 128 valence electrons. The smallest absolute Gasteiger partial charge is 0.147 e. The van der Waals surface area contributed by atoms with Gasteiger partial charge in [-0.25, -0.2) is 0 Å². The van der Waals surface area contributed by atoms with Crippen molar-refractivity contribution in [3.8, 4) is 11.5 Å². The molecule has 2 atom stereocenters. The third kappa shape index (κ3) is 3.85. The molecule has 5 heteroatoms. The van der Waals surface area contributed by atoms with Crippen LogP contribution in [0, 0.1) is 0 Å². The summed E-state index contributed by atoms with van der Waals surface area (Å²) in [6, 6.07) is 10.7. The molecule has 0 heterocycles. The summed E-state index contributed by atoms with van der Waals surface area (Å²) in [6.45, 7) is 3.70. The van der Waals surface area contributed by atoms with Gasteiger partial charge < -0.3 is 9.47 Å². The summed E-state index contributed by atoms with van der Waals surface area (Å²) in [7, 11) is 3.15. The fraction of sp³-hybridized carbons (Fsp3) is 0.316. The average molecular weight is 367 g/mol. The van der Waals surface area contributed by atoms with Crippen molar-refractivity contribution in [1.29, 1.82) is 0 Å². The van der Waals surface area contributed by atoms with Gasteiger partial charge in [0.15, 0.2) is 0 Å². The number of ketones is 1. The van der Waals surface area contributed by atoms with Crippen LogP contribution in [0.4, 0.5) is 0 Å². The van der Waals surface area contributed by atoms with E-state index < -0.39 is 0 Å². The molecular formula is C19H20Cl2O3. The van der Waals surface area contributed by atoms with E-state index in [9.17, 15) is 4.79 Å². The van der Waals surface area contributed by atoms with Crippen LogP contribution in [0.3, 0.4) is 0 Å². The molecule has 3 nitrogen and oxygen atoms in total. The Balaban J connectivity index is 2.27. The lowest BCUT2D eigenvalue weighted by atomic mass is 9.85. The maximum absolute atomic E-state index is 12.9. The van der Waals surface area contributed by atoms with Crippen LogP contribution < -0.4 is 9.47 Å². The van der Waals surface area contributed by atoms with Gasteiger partial charge >= 0.3 is 0 Å². The minimum absolute atomic E-state index is 0.0501. The molecule has 24 heavy (non-hydrogen) atoms. The largest absolute Gasteiger partial charge is 0.497 e. The van der Waals surface area contributed by atoms with Crippen LogP contribution in [0.25, 0.3) is 0 Å². The molecule has 0 saturated heterocycles. The summed E-state index contributed by atoms with van der Waals surface area (Å²) in [5.41, 5.74) is 1.55. The zero-order chi connectivity index (χ0) is 17.9. The molecule has 2 aromatic carbocycles. The maximum atomic E-state index is 12.9. The Morgan fingerprint density at radius 1 is 0.833 bits per heavy atom. The first-order valence-electron chi connectivity index (χ1n) is 7.59. The first-order chi connectivity index (χ1) is 11.4. The Morgan fingerprint density at radius 3 is 1.50 bits per heavy atom. The normalized spacial score (nSPS) is 13.2. The molecule has 2 rings (SSSR count). The number of methoxy groups -OCH3 is 2. The molecule has 2 aromatic rings. The van der Waals surface area contributed by atoms with Crippen molar-refractivity contribution in [2.24, 2.45) is 0 Å². The quantitative estimate of drug-likeness (QED) is 0.678. The van der Waals surface area contributed by atoms with Gasteiger partial charge in [-0.3, -0.25) is 4.79 Å². The van der Waals surface area contributed by atoms with E-state index in [4.69, 9.17) is 32.7 Å². The van der Waals surface area contributed by atoms with Crippen molar-refractivity contribution in [1.82, 2.24) is 0 Å². The Bertz CT molecular complexity index is 682. The molecule has 2 unspecified atom stereocenters. The van der Waals surface area contributed by atoms with Crippen molar-refractivity contribution >= 4 is 29.0 Å². The van der Waals surface area contributed by atoms with Crippen molar-refractivity contribution in [2.75, 3.05) is 14.2 Å². The number of rotatable bonds is 6. The van der Waals surface area contributed by atoms with Gasteiger partial charge in [0, 0.05) is 21.9 Å². The zero-order valence-corrected chi connectivity index (χ0v) is 15.6. The first-order valence-corrected chi connectivity index (χ1v) is 8.35. The summed E-state index contributed by atoms with van der Waals surface area (Å²) in [4.78, 5) is 12.9. The number of benzene rings is 2. The summed E-state index contributed by atoms with van der Waals surface area (Å²) in [5.74, 6) is 0.673. The molecule has 0 aliphatic carbocycles. The Kier molecular flexibility index (Phi) is 6.14. The number of hydrogen-bond donors (Lipinski definition) is 0. The number of carbonyl (C=O) groups excluding carboxylic acids is 1. The summed E-state index contributed by atoms with van der Waals surface area (Å²) >= 11 is 12.6. The second kappa shape index (κ2) is 7.91. The van der Waals surface area contributed by atoms with Crippen molar-refractivity contribution in [3.05, 3.63) is 57.6 Å². The van der Waals surface area contributed by atoms with Crippen molar-refractivity contribution in [2.45, 2.75) is 25.7 Å². The third-order valence-corrected chi connectivity index (χ3v) is 4.86. The predicted octanol–water partition coefficient (Wildman–Crippen LogP) is 5.49. The molecule has 0 aromatic heterocycles. The van der Waals surface area contributed by atoms with Crippen LogP contribution in [0.5, 0.6) is 11.5 Å². The molecule has 0 fully saturated rings. The van der Waals surface area contributed by atoms with Crippen LogP contribution in [0.2, 0.25) is 10.0 Å². The average Bonchev–Trinajstić information content (AvgIpc) is 2.59. The number of ether oxygens (including phenoxy) is 2. The lowest BCUT2D eigenvalue weighted by Gasteiger charge is -2.19. The van der Waals surface area contributed by atoms with E-state index in [0.29, 0.717) is 21.5 Å². The minimum Gasteiger partial charge on any atom is -0.497 e. The monoisotopic (exact) mass is 366 g/mol. The third-order valence-electron chi connectivity index (χ3n) is 4.20. The molecule has 0 saturated carbocycles. The summed E-state index contributed by atoms with van der Waals surface area (Å²) in [5, 5.41) is 1.03. The number of hydrogen-bond acceptors (Lipinski definition) is 3. The van der Waals surface area contributed by atoms with Gasteiger partial charge in [-0.15, -0.1) is 0 Å². The lowest BCUT2D eigenvalue weighted by molar-refractivity contribution is -0.121. The van der Waals surface area contributed by atoms with Gasteiger partial charge in [-0.2, -0.15) is 0 Å². The van der Waals surface area contributed by atoms with E-state index in [2.05, 4.69) is 0 Å². The van der Waals surface area contributed by atoms with Gasteiger partial charge in [0.05, 0.1) is 14.2 Å². The van der Waals surface area contributed by atoms with Crippen LogP contribution in [-0.4, -0.2) is 20.0 Å². The maximum Gasteiger partial charge on any atom is 0.147 e. The van der Waals surface area contributed by atoms with Crippen molar-refractivity contribution in [3.63, 3.8) is 0 Å². The number of carbonyl (C=O) groups is 1. The summed E-state index contributed by atoms with van der Waals surface area (Å²) < 4.78 is 10.3. The van der Waals surface area contributed by atoms with Crippen LogP contribution in [-0.2, 0) is 4.79 Å². The second-order valence-corrected chi connectivity index (χ2v) is 6.44. The topological polar surface area (TPSA) is 35.5 Å². The van der Waals surface area contributed by atoms with Crippen molar-refractivity contribution < 1.29 is 14.3 Å². The van der Waals surface area contributed by atoms with Crippen LogP contribution >= 0.6 is 23.2 Å². The second-order valence-electron chi connectivity index (χ2n) is 5.62. The molecular weight excluding hydrogens is 347 g/mol. The Hall–Kier alpha value is -1.71. The highest BCUT2D eigenvalue weighted by Gasteiger charge is 2.26. The van der Waals surface area contributed by atoms with Gasteiger partial charge in [0.1, 0.15) is 17.3 Å². The standard InChI is InChI=1S/C19H20Cl2O3/c1-11(15-7-5-13(23-3)9-17(15)20)19(22)12(2)16-8-6-14(24-4)10-18(16)21/h5-12H,1-4H3. The fourth-order valence-corrected chi connectivity index (χ4v) is 3.32. The highest BCUT2D eigenvalue weighted by molar-refractivity contribution is 6.32. The number of Topliss-reactive ketones (excluding diaryl/α,β-unsaturated/α-hetero) is 1. The minimum atomic E-state index is -0.350. The molecule has 0 aliphatic rings. The predicted molar refractivity (Wildman–Crippen MR) is 97.8 cm³/mol. The fourth-order valence-electron chi connectivity index (χ4n) is 2.65. The van der Waals surface area contributed by atoms with Crippen LogP contribution in [0.1, 0.15) is 36.8 Å². The molecule has 0 N–H and O–H groups in total. The Labute approximate surface area is 152 Å². The lowest BCUT2D eigenvalue weighted by Crippen LogP contribution is -2.17. The van der Waals surface area contributed by atoms with E-state index in [1.54, 1.807) is 38.5 Å². The number of halogens is 2. The molecule has 0 amide bonds. The van der Waals surface area contributed by atoms with E-state index in [1.807, 2.05) is 26.0 Å². The van der Waals surface area contributed by atoms with E-state index in [1.165, 1.54) is 0 Å². The van der Waals surface area contributed by atoms with E-state index in [0.717, 1.165) is 11.1 Å². The van der Waals surface area contributed by atoms with Gasteiger partial charge in [-0.05, 0) is 35.4 Å².